The molecule has 1 aliphatic heterocycles. The highest BCUT2D eigenvalue weighted by Gasteiger charge is 2.19. The molecule has 0 saturated carbocycles. The van der Waals surface area contributed by atoms with Crippen LogP contribution in [0.5, 0.6) is 0 Å². The molecule has 2 rings (SSSR count). The number of hydrogen-bond acceptors (Lipinski definition) is 4. The number of piperazine rings is 1. The van der Waals surface area contributed by atoms with Gasteiger partial charge in [0.15, 0.2) is 17.5 Å². The van der Waals surface area contributed by atoms with Gasteiger partial charge in [0.25, 0.3) is 0 Å². The van der Waals surface area contributed by atoms with Gasteiger partial charge in [-0.15, -0.1) is 0 Å². The van der Waals surface area contributed by atoms with Gasteiger partial charge in [0.2, 0.25) is 17.7 Å². The monoisotopic (exact) mass is 344 g/mol. The van der Waals surface area contributed by atoms with Crippen molar-refractivity contribution in [1.82, 2.24) is 15.5 Å². The number of carbonyl (C=O) groups is 3. The topological polar surface area (TPSA) is 90.5 Å². The van der Waals surface area contributed by atoms with E-state index in [0.717, 1.165) is 6.07 Å². The van der Waals surface area contributed by atoms with Crippen LogP contribution in [-0.4, -0.2) is 55.3 Å². The fraction of sp³-hybridized carbons (Fsp3) is 0.357. The molecule has 0 radical (unpaired) electrons. The summed E-state index contributed by atoms with van der Waals surface area (Å²) in [5, 5.41) is 6.93. The van der Waals surface area contributed by atoms with Crippen LogP contribution in [-0.2, 0) is 14.4 Å². The van der Waals surface area contributed by atoms with Crippen molar-refractivity contribution in [3.8, 4) is 0 Å². The number of anilines is 1. The second kappa shape index (κ2) is 7.77. The number of nitrogens with zero attached hydrogens (tertiary/aromatic N) is 1. The fourth-order valence-corrected chi connectivity index (χ4v) is 2.08. The van der Waals surface area contributed by atoms with Crippen molar-refractivity contribution in [3.05, 3.63) is 29.6 Å². The lowest BCUT2D eigenvalue weighted by Gasteiger charge is -2.25. The summed E-state index contributed by atoms with van der Waals surface area (Å²) in [5.41, 5.74) is -0.527. The Balaban J connectivity index is 1.79. The molecule has 130 valence electrons. The first-order valence-electron chi connectivity index (χ1n) is 7.06. The Bertz CT molecular complexity index is 669. The molecule has 0 bridgehead atoms. The smallest absolute Gasteiger partial charge is 0.243 e. The third kappa shape index (κ3) is 4.69. The van der Waals surface area contributed by atoms with Crippen LogP contribution in [0.2, 0.25) is 0 Å². The van der Waals surface area contributed by atoms with Gasteiger partial charge < -0.3 is 16.0 Å². The first kappa shape index (κ1) is 17.7. The van der Waals surface area contributed by atoms with E-state index in [2.05, 4.69) is 10.6 Å². The zero-order valence-corrected chi connectivity index (χ0v) is 12.5. The predicted molar refractivity (Wildman–Crippen MR) is 77.4 cm³/mol. The first-order chi connectivity index (χ1) is 11.4. The third-order valence-electron chi connectivity index (χ3n) is 3.24. The van der Waals surface area contributed by atoms with Gasteiger partial charge in [0.05, 0.1) is 25.3 Å². The van der Waals surface area contributed by atoms with Gasteiger partial charge in [-0.25, -0.2) is 13.2 Å². The molecule has 1 saturated heterocycles. The molecule has 10 heteroatoms. The van der Waals surface area contributed by atoms with E-state index in [9.17, 15) is 27.6 Å². The van der Waals surface area contributed by atoms with Crippen LogP contribution in [0.3, 0.4) is 0 Å². The summed E-state index contributed by atoms with van der Waals surface area (Å²) >= 11 is 0. The molecule has 0 aromatic heterocycles. The number of carbonyl (C=O) groups excluding carboxylic acids is 3. The van der Waals surface area contributed by atoms with Crippen molar-refractivity contribution >= 4 is 23.4 Å². The first-order valence-corrected chi connectivity index (χ1v) is 7.06. The summed E-state index contributed by atoms with van der Waals surface area (Å²) in [6, 6.07) is 1.55. The number of nitrogens with one attached hydrogen (secondary N) is 3. The van der Waals surface area contributed by atoms with Crippen molar-refractivity contribution in [2.45, 2.75) is 0 Å². The number of halogens is 3. The Hall–Kier alpha value is -2.62. The van der Waals surface area contributed by atoms with Gasteiger partial charge in [-0.2, -0.15) is 0 Å². The van der Waals surface area contributed by atoms with E-state index in [1.54, 1.807) is 4.90 Å². The standard InChI is InChI=1S/C14H15F3N4O3/c15-8-1-2-9(14(17)13(8)16)20-10(22)5-19-12(24)7-21-4-3-18-11(23)6-21/h1-2H,3-7H2,(H,18,23)(H,19,24)(H,20,22). The Morgan fingerprint density at radius 1 is 1.17 bits per heavy atom. The molecular weight excluding hydrogens is 329 g/mol. The van der Waals surface area contributed by atoms with E-state index in [-0.39, 0.29) is 19.0 Å². The van der Waals surface area contributed by atoms with Crippen LogP contribution < -0.4 is 16.0 Å². The average molecular weight is 344 g/mol. The van der Waals surface area contributed by atoms with Crippen LogP contribution in [0, 0.1) is 17.5 Å². The van der Waals surface area contributed by atoms with Crippen LogP contribution >= 0.6 is 0 Å². The molecule has 3 amide bonds. The highest BCUT2D eigenvalue weighted by atomic mass is 19.2. The average Bonchev–Trinajstić information content (AvgIpc) is 2.53. The van der Waals surface area contributed by atoms with Gasteiger partial charge in [0.1, 0.15) is 0 Å². The minimum absolute atomic E-state index is 0.0692. The van der Waals surface area contributed by atoms with E-state index in [1.807, 2.05) is 5.32 Å². The maximum atomic E-state index is 13.4. The molecule has 1 heterocycles. The molecule has 0 aliphatic carbocycles. The molecule has 1 aromatic rings. The summed E-state index contributed by atoms with van der Waals surface area (Å²) < 4.78 is 39.2. The lowest BCUT2D eigenvalue weighted by molar-refractivity contribution is -0.128. The predicted octanol–water partition coefficient (Wildman–Crippen LogP) is -0.410. The van der Waals surface area contributed by atoms with Crippen LogP contribution in [0.1, 0.15) is 0 Å². The lowest BCUT2D eigenvalue weighted by atomic mass is 10.2. The van der Waals surface area contributed by atoms with Crippen molar-refractivity contribution in [3.63, 3.8) is 0 Å². The molecule has 7 nitrogen and oxygen atoms in total. The molecule has 1 fully saturated rings. The Labute approximate surface area is 135 Å². The zero-order valence-electron chi connectivity index (χ0n) is 12.5. The van der Waals surface area contributed by atoms with E-state index >= 15 is 0 Å². The quantitative estimate of drug-likeness (QED) is 0.634. The second-order valence-corrected chi connectivity index (χ2v) is 5.11. The normalized spacial score (nSPS) is 14.9. The minimum Gasteiger partial charge on any atom is -0.354 e. The largest absolute Gasteiger partial charge is 0.354 e. The summed E-state index contributed by atoms with van der Waals surface area (Å²) in [6.07, 6.45) is 0. The minimum atomic E-state index is -1.69. The van der Waals surface area contributed by atoms with E-state index in [0.29, 0.717) is 19.2 Å². The molecule has 1 aliphatic rings. The molecule has 1 aromatic carbocycles. The van der Waals surface area contributed by atoms with Crippen LogP contribution in [0.4, 0.5) is 18.9 Å². The third-order valence-corrected chi connectivity index (χ3v) is 3.24. The highest BCUT2D eigenvalue weighted by Crippen LogP contribution is 2.19. The van der Waals surface area contributed by atoms with Crippen LogP contribution in [0.25, 0.3) is 0 Å². The number of rotatable bonds is 5. The summed E-state index contributed by atoms with van der Waals surface area (Å²) in [4.78, 5) is 36.1. The van der Waals surface area contributed by atoms with Crippen LogP contribution in [0.15, 0.2) is 12.1 Å². The zero-order chi connectivity index (χ0) is 17.7. The molecule has 0 unspecified atom stereocenters. The van der Waals surface area contributed by atoms with Crippen molar-refractivity contribution < 1.29 is 27.6 Å². The summed E-state index contributed by atoms with van der Waals surface area (Å²) in [6.45, 7) is 0.477. The van der Waals surface area contributed by atoms with E-state index < -0.39 is 41.5 Å². The fourth-order valence-electron chi connectivity index (χ4n) is 2.08. The maximum Gasteiger partial charge on any atom is 0.243 e. The lowest BCUT2D eigenvalue weighted by Crippen LogP contribution is -2.51. The molecule has 0 atom stereocenters. The molecular formula is C14H15F3N4O3. The van der Waals surface area contributed by atoms with Gasteiger partial charge in [0, 0.05) is 13.1 Å². The molecule has 3 N–H and O–H groups in total. The second-order valence-electron chi connectivity index (χ2n) is 5.11. The van der Waals surface area contributed by atoms with Crippen molar-refractivity contribution in [2.75, 3.05) is 38.0 Å². The SMILES string of the molecule is O=C1CN(CC(=O)NCC(=O)Nc2ccc(F)c(F)c2F)CCN1. The Morgan fingerprint density at radius 3 is 2.62 bits per heavy atom. The number of hydrogen-bond donors (Lipinski definition) is 3. The van der Waals surface area contributed by atoms with Crippen molar-refractivity contribution in [1.29, 1.82) is 0 Å². The highest BCUT2D eigenvalue weighted by molar-refractivity contribution is 5.94. The van der Waals surface area contributed by atoms with E-state index in [4.69, 9.17) is 0 Å². The Morgan fingerprint density at radius 2 is 1.92 bits per heavy atom. The van der Waals surface area contributed by atoms with E-state index in [1.165, 1.54) is 0 Å². The van der Waals surface area contributed by atoms with Gasteiger partial charge in [-0.1, -0.05) is 0 Å². The van der Waals surface area contributed by atoms with Gasteiger partial charge >= 0.3 is 0 Å². The Kier molecular flexibility index (Phi) is 5.74. The summed E-state index contributed by atoms with van der Waals surface area (Å²) in [7, 11) is 0. The van der Waals surface area contributed by atoms with Crippen molar-refractivity contribution in [2.24, 2.45) is 0 Å². The number of amides is 3. The number of benzene rings is 1. The molecule has 24 heavy (non-hydrogen) atoms. The molecule has 0 spiro atoms. The van der Waals surface area contributed by atoms with Gasteiger partial charge in [-0.05, 0) is 12.1 Å². The summed E-state index contributed by atoms with van der Waals surface area (Å²) in [5.74, 6) is -6.07. The maximum absolute atomic E-state index is 13.4. The van der Waals surface area contributed by atoms with Gasteiger partial charge in [-0.3, -0.25) is 19.3 Å².